The second-order valence-corrected chi connectivity index (χ2v) is 7.90. The molecule has 0 saturated carbocycles. The van der Waals surface area contributed by atoms with Gasteiger partial charge >= 0.3 is 0 Å². The molecule has 144 valence electrons. The van der Waals surface area contributed by atoms with E-state index in [1.165, 1.54) is 18.5 Å². The smallest absolute Gasteiger partial charge is 0.257 e. The number of ether oxygens (including phenoxy) is 1. The largest absolute Gasteiger partial charge is 0.437 e. The van der Waals surface area contributed by atoms with Gasteiger partial charge < -0.3 is 15.4 Å². The Balaban J connectivity index is 1.82. The van der Waals surface area contributed by atoms with Crippen LogP contribution in [0.3, 0.4) is 0 Å². The number of nitrogens with one attached hydrogen (secondary N) is 2. The zero-order valence-electron chi connectivity index (χ0n) is 14.5. The van der Waals surface area contributed by atoms with E-state index >= 15 is 0 Å². The van der Waals surface area contributed by atoms with E-state index in [0.29, 0.717) is 31.7 Å². The summed E-state index contributed by atoms with van der Waals surface area (Å²) >= 11 is 0. The molecule has 3 heterocycles. The molecule has 2 aromatic heterocycles. The van der Waals surface area contributed by atoms with Crippen LogP contribution in [0.15, 0.2) is 42.9 Å². The summed E-state index contributed by atoms with van der Waals surface area (Å²) < 4.78 is 29.7. The Morgan fingerprint density at radius 2 is 2.00 bits per heavy atom. The molecule has 1 fully saturated rings. The number of carbonyl (C=O) groups excluding carboxylic acids is 1. The minimum atomic E-state index is -3.97. The highest BCUT2D eigenvalue weighted by atomic mass is 32.2. The van der Waals surface area contributed by atoms with Crippen molar-refractivity contribution in [3.05, 3.63) is 48.4 Å². The normalized spacial score (nSPS) is 16.5. The molecule has 3 rings (SSSR count). The number of hydrogen-bond acceptors (Lipinski definition) is 7. The summed E-state index contributed by atoms with van der Waals surface area (Å²) in [7, 11) is -3.97. The molecular weight excluding hydrogens is 370 g/mol. The first kappa shape index (κ1) is 19.2. The van der Waals surface area contributed by atoms with Gasteiger partial charge in [0.2, 0.25) is 15.9 Å². The minimum absolute atomic E-state index is 0.0569. The maximum Gasteiger partial charge on any atom is 0.257 e. The average Bonchev–Trinajstić information content (AvgIpc) is 2.67. The zero-order valence-corrected chi connectivity index (χ0v) is 15.4. The first-order valence-corrected chi connectivity index (χ1v) is 10.1. The van der Waals surface area contributed by atoms with Gasteiger partial charge in [0, 0.05) is 12.4 Å². The Morgan fingerprint density at radius 1 is 1.26 bits per heavy atom. The molecule has 1 unspecified atom stereocenters. The van der Waals surface area contributed by atoms with Crippen molar-refractivity contribution in [1.82, 2.24) is 20.6 Å². The molecule has 1 atom stereocenters. The van der Waals surface area contributed by atoms with Crippen LogP contribution >= 0.6 is 0 Å². The Labute approximate surface area is 157 Å². The summed E-state index contributed by atoms with van der Waals surface area (Å²) in [5, 5.41) is 9.92. The van der Waals surface area contributed by atoms with Crippen molar-refractivity contribution >= 4 is 15.9 Å². The second kappa shape index (κ2) is 8.42. The molecule has 4 N–H and O–H groups in total. The van der Waals surface area contributed by atoms with Crippen LogP contribution in [0.4, 0.5) is 0 Å². The lowest BCUT2D eigenvalue weighted by atomic mass is 9.97. The molecule has 1 amide bonds. The molecule has 10 heteroatoms. The quantitative estimate of drug-likeness (QED) is 0.656. The number of hydrogen-bond donors (Lipinski definition) is 3. The van der Waals surface area contributed by atoms with Gasteiger partial charge in [-0.2, -0.15) is 0 Å². The first-order chi connectivity index (χ1) is 12.9. The van der Waals surface area contributed by atoms with Crippen LogP contribution in [0.2, 0.25) is 0 Å². The van der Waals surface area contributed by atoms with Gasteiger partial charge in [0.25, 0.3) is 5.91 Å². The van der Waals surface area contributed by atoms with E-state index in [9.17, 15) is 13.2 Å². The fourth-order valence-corrected chi connectivity index (χ4v) is 4.07. The molecule has 1 aliphatic heterocycles. The number of primary sulfonamides is 1. The molecule has 2 aromatic rings. The number of carbonyl (C=O) groups is 1. The van der Waals surface area contributed by atoms with Crippen LogP contribution in [0.25, 0.3) is 0 Å². The van der Waals surface area contributed by atoms with Crippen molar-refractivity contribution in [3.63, 3.8) is 0 Å². The fraction of sp³-hybridized carbons (Fsp3) is 0.353. The number of sulfonamides is 1. The van der Waals surface area contributed by atoms with Crippen molar-refractivity contribution < 1.29 is 17.9 Å². The maximum atomic E-state index is 12.8. The molecule has 0 aromatic carbocycles. The van der Waals surface area contributed by atoms with Crippen molar-refractivity contribution in [1.29, 1.82) is 0 Å². The summed E-state index contributed by atoms with van der Waals surface area (Å²) in [5.41, 5.74) is 0.115. The van der Waals surface area contributed by atoms with Gasteiger partial charge in [0.1, 0.15) is 16.7 Å². The molecule has 0 radical (unpaired) electrons. The van der Waals surface area contributed by atoms with Gasteiger partial charge in [0.05, 0.1) is 6.20 Å². The molecule has 0 bridgehead atoms. The van der Waals surface area contributed by atoms with E-state index in [1.54, 1.807) is 24.4 Å². The summed E-state index contributed by atoms with van der Waals surface area (Å²) in [4.78, 5) is 20.8. The van der Waals surface area contributed by atoms with Crippen molar-refractivity contribution in [2.45, 2.75) is 18.2 Å². The van der Waals surface area contributed by atoms with Crippen LogP contribution in [-0.2, 0) is 10.0 Å². The summed E-state index contributed by atoms with van der Waals surface area (Å²) in [6, 6.07) is 6.44. The lowest BCUT2D eigenvalue weighted by Crippen LogP contribution is -2.51. The number of rotatable bonds is 6. The summed E-state index contributed by atoms with van der Waals surface area (Å²) in [6.45, 7) is 1.35. The zero-order chi connectivity index (χ0) is 19.3. The first-order valence-electron chi connectivity index (χ1n) is 8.51. The van der Waals surface area contributed by atoms with Gasteiger partial charge in [-0.05, 0) is 56.1 Å². The number of piperidine rings is 1. The Kier molecular flexibility index (Phi) is 5.99. The lowest BCUT2D eigenvalue weighted by Gasteiger charge is -2.29. The van der Waals surface area contributed by atoms with Gasteiger partial charge in [-0.25, -0.2) is 18.5 Å². The molecule has 27 heavy (non-hydrogen) atoms. The van der Waals surface area contributed by atoms with Gasteiger partial charge in [-0.1, -0.05) is 0 Å². The van der Waals surface area contributed by atoms with E-state index in [0.717, 1.165) is 0 Å². The van der Waals surface area contributed by atoms with Crippen molar-refractivity contribution in [2.24, 2.45) is 11.1 Å². The molecule has 0 aliphatic carbocycles. The third-order valence-corrected chi connectivity index (χ3v) is 5.51. The maximum absolute atomic E-state index is 12.8. The van der Waals surface area contributed by atoms with Crippen LogP contribution in [0.5, 0.6) is 11.6 Å². The van der Waals surface area contributed by atoms with E-state index < -0.39 is 21.3 Å². The lowest BCUT2D eigenvalue weighted by molar-refractivity contribution is 0.0931. The average molecular weight is 391 g/mol. The SMILES string of the molecule is NS(=O)(=O)C(NC(=O)c1cccnc1Oc1cccnc1)C1CCNCC1. The summed E-state index contributed by atoms with van der Waals surface area (Å²) in [6.07, 6.45) is 5.76. The topological polar surface area (TPSA) is 136 Å². The fourth-order valence-electron chi connectivity index (χ4n) is 2.99. The summed E-state index contributed by atoms with van der Waals surface area (Å²) in [5.74, 6) is -0.405. The molecule has 9 nitrogen and oxygen atoms in total. The number of aromatic nitrogens is 2. The Bertz CT molecular complexity index is 885. The number of pyridine rings is 2. The van der Waals surface area contributed by atoms with Crippen molar-refractivity contribution in [3.8, 4) is 11.6 Å². The van der Waals surface area contributed by atoms with E-state index in [-0.39, 0.29) is 17.4 Å². The third kappa shape index (κ3) is 5.00. The third-order valence-electron chi connectivity index (χ3n) is 4.30. The van der Waals surface area contributed by atoms with Crippen molar-refractivity contribution in [2.75, 3.05) is 13.1 Å². The minimum Gasteiger partial charge on any atom is -0.437 e. The molecule has 1 aliphatic rings. The highest BCUT2D eigenvalue weighted by Crippen LogP contribution is 2.24. The van der Waals surface area contributed by atoms with Crippen LogP contribution in [0, 0.1) is 5.92 Å². The van der Waals surface area contributed by atoms with Crippen LogP contribution in [0.1, 0.15) is 23.2 Å². The Morgan fingerprint density at radius 3 is 2.67 bits per heavy atom. The standard InChI is InChI=1S/C17H21N5O4S/c18-27(24,25)17(12-5-9-19-10-6-12)22-15(23)14-4-2-8-21-16(14)26-13-3-1-7-20-11-13/h1-4,7-8,11-12,17,19H,5-6,9-10H2,(H,22,23)(H2,18,24,25). The highest BCUT2D eigenvalue weighted by molar-refractivity contribution is 7.89. The van der Waals surface area contributed by atoms with Gasteiger partial charge in [-0.3, -0.25) is 9.78 Å². The molecular formula is C17H21N5O4S. The predicted octanol–water partition coefficient (Wildman–Crippen LogP) is 0.613. The van der Waals surface area contributed by atoms with E-state index in [1.807, 2.05) is 0 Å². The van der Waals surface area contributed by atoms with Gasteiger partial charge in [-0.15, -0.1) is 0 Å². The van der Waals surface area contributed by atoms with E-state index in [4.69, 9.17) is 9.88 Å². The second-order valence-electron chi connectivity index (χ2n) is 6.22. The van der Waals surface area contributed by atoms with Gasteiger partial charge in [0.15, 0.2) is 0 Å². The number of nitrogens with zero attached hydrogens (tertiary/aromatic N) is 2. The number of amides is 1. The number of nitrogens with two attached hydrogens (primary N) is 1. The Hall–Kier alpha value is -2.56. The van der Waals surface area contributed by atoms with E-state index in [2.05, 4.69) is 20.6 Å². The monoisotopic (exact) mass is 391 g/mol. The van der Waals surface area contributed by atoms with Crippen LogP contribution in [-0.4, -0.2) is 42.8 Å². The molecule has 0 spiro atoms. The molecule has 1 saturated heterocycles. The van der Waals surface area contributed by atoms with Crippen LogP contribution < -0.4 is 20.5 Å². The highest BCUT2D eigenvalue weighted by Gasteiger charge is 2.34. The predicted molar refractivity (Wildman–Crippen MR) is 98.5 cm³/mol.